The first-order valence-electron chi connectivity index (χ1n) is 3.80. The molecule has 0 aliphatic heterocycles. The minimum absolute atomic E-state index is 0. The molecule has 0 saturated carbocycles. The molecule has 11 nitrogen and oxygen atoms in total. The van der Waals surface area contributed by atoms with Gasteiger partial charge in [0.1, 0.15) is 5.60 Å². The molecule has 0 spiro atoms. The maximum atomic E-state index is 10.1. The number of carboxylic acids is 3. The van der Waals surface area contributed by atoms with Gasteiger partial charge in [-0.1, -0.05) is 0 Å². The summed E-state index contributed by atoms with van der Waals surface area (Å²) in [5.41, 5.74) is -2.97. The second-order valence-electron chi connectivity index (χ2n) is 2.84. The molecule has 0 radical (unpaired) electrons. The molecule has 0 aliphatic rings. The molecule has 0 aliphatic carbocycles. The summed E-state index contributed by atoms with van der Waals surface area (Å²) in [5.74, 6) is -5.98. The van der Waals surface area contributed by atoms with Gasteiger partial charge in [0.25, 0.3) is 0 Å². The first-order valence-corrected chi connectivity index (χ1v) is 5.16. The van der Waals surface area contributed by atoms with Gasteiger partial charge in [-0.3, -0.25) is 4.55 Å². The van der Waals surface area contributed by atoms with Crippen LogP contribution in [0.1, 0.15) is 12.8 Å². The molecule has 0 atom stereocenters. The minimum atomic E-state index is -4.92. The fourth-order valence-electron chi connectivity index (χ4n) is 0.684. The van der Waals surface area contributed by atoms with Gasteiger partial charge >= 0.3 is 75.5 Å². The van der Waals surface area contributed by atoms with Gasteiger partial charge in [0.15, 0.2) is 0 Å². The van der Waals surface area contributed by atoms with E-state index in [2.05, 4.69) is 0 Å². The summed E-state index contributed by atoms with van der Waals surface area (Å²) < 4.78 is 32.8. The maximum absolute atomic E-state index is 10.1. The van der Waals surface area contributed by atoms with Crippen molar-refractivity contribution in [1.82, 2.24) is 0 Å². The van der Waals surface area contributed by atoms with Crippen LogP contribution in [-0.4, -0.2) is 122 Å². The van der Waals surface area contributed by atoms with Gasteiger partial charge in [0.05, 0.1) is 5.97 Å². The second kappa shape index (κ2) is 12.3. The van der Waals surface area contributed by atoms with Crippen molar-refractivity contribution >= 4 is 104 Å². The van der Waals surface area contributed by atoms with Crippen LogP contribution in [0.15, 0.2) is 0 Å². The molecule has 0 aromatic carbocycles. The van der Waals surface area contributed by atoms with Crippen LogP contribution in [0, 0.1) is 0 Å². The second-order valence-corrected chi connectivity index (χ2v) is 3.70. The van der Waals surface area contributed by atoms with Gasteiger partial charge in [0.2, 0.25) is 10.4 Å². The van der Waals surface area contributed by atoms with Crippen LogP contribution < -0.4 is 15.3 Å². The van der Waals surface area contributed by atoms with Crippen molar-refractivity contribution in [2.75, 3.05) is 0 Å². The molecule has 0 aromatic rings. The molecule has 0 saturated heterocycles. The Labute approximate surface area is 172 Å². The van der Waals surface area contributed by atoms with E-state index in [9.17, 15) is 29.7 Å². The monoisotopic (exact) mass is 366 g/mol. The van der Waals surface area contributed by atoms with Crippen LogP contribution in [0.3, 0.4) is 0 Å². The van der Waals surface area contributed by atoms with Crippen molar-refractivity contribution in [1.29, 1.82) is 0 Å². The Hall–Kier alpha value is 0.759. The van der Waals surface area contributed by atoms with Gasteiger partial charge in [-0.2, -0.15) is 0 Å². The molecule has 14 heteroatoms. The summed E-state index contributed by atoms with van der Waals surface area (Å²) >= 11 is 0. The smallest absolute Gasteiger partial charge is 0.726 e. The van der Waals surface area contributed by atoms with Crippen molar-refractivity contribution in [3.05, 3.63) is 0 Å². The minimum Gasteiger partial charge on any atom is -0.726 e. The van der Waals surface area contributed by atoms with Crippen LogP contribution in [0.5, 0.6) is 0 Å². The van der Waals surface area contributed by atoms with Gasteiger partial charge in [-0.15, -0.1) is 0 Å². The first-order chi connectivity index (χ1) is 7.78. The molecular formula is C6H6Ca2O11S. The van der Waals surface area contributed by atoms with Gasteiger partial charge in [0, 0.05) is 24.8 Å². The van der Waals surface area contributed by atoms with Crippen molar-refractivity contribution in [3.63, 3.8) is 0 Å². The van der Waals surface area contributed by atoms with Gasteiger partial charge in [-0.05, 0) is 0 Å². The summed E-state index contributed by atoms with van der Waals surface area (Å²) in [5, 5.41) is 38.9. The molecule has 0 amide bonds. The topological polar surface area (TPSA) is 218 Å². The van der Waals surface area contributed by atoms with E-state index in [1.165, 1.54) is 0 Å². The van der Waals surface area contributed by atoms with Gasteiger partial charge < -0.3 is 39.4 Å². The van der Waals surface area contributed by atoms with Crippen LogP contribution in [0.25, 0.3) is 0 Å². The van der Waals surface area contributed by atoms with E-state index in [1.54, 1.807) is 0 Å². The number of rotatable bonds is 5. The number of hydrogen-bond acceptors (Lipinski definition) is 10. The number of aliphatic hydroxyl groups is 1. The largest absolute Gasteiger partial charge is 2.00 e. The quantitative estimate of drug-likeness (QED) is 0.264. The molecule has 2 N–H and O–H groups in total. The van der Waals surface area contributed by atoms with E-state index >= 15 is 0 Å². The van der Waals surface area contributed by atoms with E-state index in [0.29, 0.717) is 0 Å². The molecule has 0 heterocycles. The van der Waals surface area contributed by atoms with Crippen LogP contribution in [0.4, 0.5) is 0 Å². The van der Waals surface area contributed by atoms with Crippen LogP contribution >= 0.6 is 0 Å². The molecule has 0 fully saturated rings. The number of carbonyl (C=O) groups excluding carboxylic acids is 3. The van der Waals surface area contributed by atoms with E-state index in [1.807, 2.05) is 0 Å². The van der Waals surface area contributed by atoms with Crippen LogP contribution in [-0.2, 0) is 24.8 Å². The number of carboxylic acid groups (broad SMARTS) is 3. The van der Waals surface area contributed by atoms with Crippen molar-refractivity contribution in [2.45, 2.75) is 18.4 Å². The van der Waals surface area contributed by atoms with Crippen molar-refractivity contribution in [2.24, 2.45) is 0 Å². The SMILES string of the molecule is O=C([O-])CC(O)(CC(=O)[O-])C(=O)[O-].O=S(=O)([O-])O.[Ca+2].[Ca+2]. The van der Waals surface area contributed by atoms with Crippen molar-refractivity contribution < 1.29 is 52.3 Å². The standard InChI is InChI=1S/C6H8O7.2Ca.H2O4S/c7-3(8)1-6(13,5(11)12)2-4(9)10;;;1-5(2,3)4/h13H,1-2H2,(H,7,8)(H,9,10)(H,11,12);;;(H2,1,2,3,4)/q;2*+2;/p-4. The molecule has 0 rings (SSSR count). The van der Waals surface area contributed by atoms with E-state index in [0.717, 1.165) is 0 Å². The summed E-state index contributed by atoms with van der Waals surface area (Å²) in [6.07, 6.45) is -2.72. The Kier molecular flexibility index (Phi) is 17.8. The zero-order valence-electron chi connectivity index (χ0n) is 9.81. The van der Waals surface area contributed by atoms with E-state index < -0.39 is 46.7 Å². The molecule has 0 unspecified atom stereocenters. The average molecular weight is 366 g/mol. The average Bonchev–Trinajstić information content (AvgIpc) is 1.95. The molecule has 106 valence electrons. The fourth-order valence-corrected chi connectivity index (χ4v) is 0.684. The Morgan fingerprint density at radius 1 is 0.950 bits per heavy atom. The number of carbonyl (C=O) groups is 3. The first kappa shape index (κ1) is 28.9. The van der Waals surface area contributed by atoms with Crippen molar-refractivity contribution in [3.8, 4) is 0 Å². The third-order valence-corrected chi connectivity index (χ3v) is 1.25. The fraction of sp³-hybridized carbons (Fsp3) is 0.500. The Morgan fingerprint density at radius 3 is 1.25 bits per heavy atom. The summed E-state index contributed by atoms with van der Waals surface area (Å²) in [6, 6.07) is 0. The summed E-state index contributed by atoms with van der Waals surface area (Å²) in [6.45, 7) is 0. The predicted molar refractivity (Wildman–Crippen MR) is 53.0 cm³/mol. The number of hydrogen-bond donors (Lipinski definition) is 2. The molecule has 0 bridgehead atoms. The molecule has 0 aromatic heterocycles. The van der Waals surface area contributed by atoms with Gasteiger partial charge in [-0.25, -0.2) is 8.42 Å². The molecule has 20 heavy (non-hydrogen) atoms. The third-order valence-electron chi connectivity index (χ3n) is 1.25. The zero-order valence-corrected chi connectivity index (χ0v) is 15.0. The maximum Gasteiger partial charge on any atom is 2.00 e. The zero-order chi connectivity index (χ0) is 15.1. The van der Waals surface area contributed by atoms with Crippen LogP contribution in [0.2, 0.25) is 0 Å². The Morgan fingerprint density at radius 2 is 1.15 bits per heavy atom. The Bertz CT molecular complexity index is 406. The summed E-state index contributed by atoms with van der Waals surface area (Å²) in [7, 11) is -4.92. The Balaban J connectivity index is -0.000000158. The third kappa shape index (κ3) is 21.1. The van der Waals surface area contributed by atoms with E-state index in [4.69, 9.17) is 22.6 Å². The summed E-state index contributed by atoms with van der Waals surface area (Å²) in [4.78, 5) is 30.0. The normalized spacial score (nSPS) is 9.95. The number of aliphatic carboxylic acids is 3. The van der Waals surface area contributed by atoms with E-state index in [-0.39, 0.29) is 75.5 Å². The predicted octanol–water partition coefficient (Wildman–Crippen LogP) is -7.01. The molecular weight excluding hydrogens is 360 g/mol.